The quantitative estimate of drug-likeness (QED) is 0.901. The Morgan fingerprint density at radius 3 is 2.71 bits per heavy atom. The van der Waals surface area contributed by atoms with E-state index in [1.807, 2.05) is 30.9 Å². The predicted molar refractivity (Wildman–Crippen MR) is 87.7 cm³/mol. The van der Waals surface area contributed by atoms with E-state index in [-0.39, 0.29) is 17.5 Å². The summed E-state index contributed by atoms with van der Waals surface area (Å²) in [4.78, 5) is 14.4. The van der Waals surface area contributed by atoms with Crippen LogP contribution in [0.15, 0.2) is 18.2 Å². The smallest absolute Gasteiger partial charge is 0.223 e. The van der Waals surface area contributed by atoms with E-state index in [4.69, 9.17) is 28.9 Å². The van der Waals surface area contributed by atoms with Crippen molar-refractivity contribution in [2.75, 3.05) is 6.54 Å². The van der Waals surface area contributed by atoms with Crippen LogP contribution in [-0.4, -0.2) is 22.9 Å². The molecule has 2 N–H and O–H groups in total. The number of hydrogen-bond donors (Lipinski definition) is 1. The number of amides is 1. The second-order valence-electron chi connectivity index (χ2n) is 6.41. The number of halogens is 2. The standard InChI is InChI=1S/C16H22Cl2N2O/c1-16(2,19)8-7-15(21)20-9-3-4-14(20)11-5-6-12(17)13(18)10-11/h5-6,10,14H,3-4,7-9,19H2,1-2H3. The zero-order valence-electron chi connectivity index (χ0n) is 12.5. The predicted octanol–water partition coefficient (Wildman–Crippen LogP) is 4.17. The van der Waals surface area contributed by atoms with Gasteiger partial charge in [0, 0.05) is 18.5 Å². The molecule has 0 spiro atoms. The molecule has 116 valence electrons. The molecular weight excluding hydrogens is 307 g/mol. The molecule has 1 amide bonds. The van der Waals surface area contributed by atoms with E-state index in [0.717, 1.165) is 24.9 Å². The first kappa shape index (κ1) is 16.6. The number of rotatable bonds is 4. The van der Waals surface area contributed by atoms with Gasteiger partial charge in [-0.3, -0.25) is 4.79 Å². The highest BCUT2D eigenvalue weighted by Gasteiger charge is 2.30. The molecule has 1 aromatic rings. The summed E-state index contributed by atoms with van der Waals surface area (Å²) < 4.78 is 0. The number of nitrogens with zero attached hydrogens (tertiary/aromatic N) is 1. The van der Waals surface area contributed by atoms with Crippen LogP contribution in [0.1, 0.15) is 51.1 Å². The van der Waals surface area contributed by atoms with Gasteiger partial charge in [-0.2, -0.15) is 0 Å². The summed E-state index contributed by atoms with van der Waals surface area (Å²) in [6.45, 7) is 4.69. The van der Waals surface area contributed by atoms with Crippen LogP contribution in [-0.2, 0) is 4.79 Å². The van der Waals surface area contributed by atoms with Crippen LogP contribution in [0.4, 0.5) is 0 Å². The van der Waals surface area contributed by atoms with Crippen LogP contribution in [0.2, 0.25) is 10.0 Å². The summed E-state index contributed by atoms with van der Waals surface area (Å²) in [7, 11) is 0. The van der Waals surface area contributed by atoms with E-state index in [0.29, 0.717) is 22.9 Å². The Morgan fingerprint density at radius 1 is 1.38 bits per heavy atom. The molecule has 0 radical (unpaired) electrons. The van der Waals surface area contributed by atoms with Gasteiger partial charge in [0.2, 0.25) is 5.91 Å². The Bertz CT molecular complexity index is 525. The summed E-state index contributed by atoms with van der Waals surface area (Å²) in [6, 6.07) is 5.72. The van der Waals surface area contributed by atoms with Crippen LogP contribution >= 0.6 is 23.2 Å². The number of likely N-dealkylation sites (tertiary alicyclic amines) is 1. The first-order chi connectivity index (χ1) is 9.78. The lowest BCUT2D eigenvalue weighted by Crippen LogP contribution is -2.36. The van der Waals surface area contributed by atoms with Gasteiger partial charge in [-0.25, -0.2) is 0 Å². The molecule has 1 unspecified atom stereocenters. The Hall–Kier alpha value is -0.770. The zero-order chi connectivity index (χ0) is 15.6. The number of hydrogen-bond acceptors (Lipinski definition) is 2. The van der Waals surface area contributed by atoms with Crippen molar-refractivity contribution >= 4 is 29.1 Å². The van der Waals surface area contributed by atoms with E-state index in [1.165, 1.54) is 0 Å². The van der Waals surface area contributed by atoms with Crippen LogP contribution in [0.5, 0.6) is 0 Å². The first-order valence-electron chi connectivity index (χ1n) is 7.31. The lowest BCUT2D eigenvalue weighted by atomic mass is 9.99. The van der Waals surface area contributed by atoms with Crippen LogP contribution in [0, 0.1) is 0 Å². The van der Waals surface area contributed by atoms with Crippen LogP contribution < -0.4 is 5.73 Å². The Balaban J connectivity index is 2.09. The lowest BCUT2D eigenvalue weighted by Gasteiger charge is -2.27. The minimum Gasteiger partial charge on any atom is -0.336 e. The summed E-state index contributed by atoms with van der Waals surface area (Å²) in [6.07, 6.45) is 3.16. The van der Waals surface area contributed by atoms with Crippen molar-refractivity contribution in [3.8, 4) is 0 Å². The second-order valence-corrected chi connectivity index (χ2v) is 7.22. The van der Waals surface area contributed by atoms with Gasteiger partial charge in [0.15, 0.2) is 0 Å². The fraction of sp³-hybridized carbons (Fsp3) is 0.562. The largest absolute Gasteiger partial charge is 0.336 e. The number of benzene rings is 1. The van der Waals surface area contributed by atoms with Crippen molar-refractivity contribution < 1.29 is 4.79 Å². The van der Waals surface area contributed by atoms with Crippen molar-refractivity contribution in [1.29, 1.82) is 0 Å². The molecule has 1 aliphatic rings. The van der Waals surface area contributed by atoms with Crippen molar-refractivity contribution in [2.45, 2.75) is 51.1 Å². The summed E-state index contributed by atoms with van der Waals surface area (Å²) >= 11 is 12.0. The third-order valence-electron chi connectivity index (χ3n) is 3.88. The third-order valence-corrected chi connectivity index (χ3v) is 4.62. The van der Waals surface area contributed by atoms with Gasteiger partial charge >= 0.3 is 0 Å². The van der Waals surface area contributed by atoms with Crippen LogP contribution in [0.25, 0.3) is 0 Å². The van der Waals surface area contributed by atoms with Gasteiger partial charge in [0.25, 0.3) is 0 Å². The maximum absolute atomic E-state index is 12.4. The summed E-state index contributed by atoms with van der Waals surface area (Å²) in [5.41, 5.74) is 6.71. The highest BCUT2D eigenvalue weighted by Crippen LogP contribution is 2.35. The Morgan fingerprint density at radius 2 is 2.10 bits per heavy atom. The topological polar surface area (TPSA) is 46.3 Å². The van der Waals surface area contributed by atoms with Crippen molar-refractivity contribution in [2.24, 2.45) is 5.73 Å². The van der Waals surface area contributed by atoms with Gasteiger partial charge in [-0.05, 0) is 50.8 Å². The number of carbonyl (C=O) groups excluding carboxylic acids is 1. The molecule has 1 saturated heterocycles. The van der Waals surface area contributed by atoms with Crippen molar-refractivity contribution in [3.63, 3.8) is 0 Å². The highest BCUT2D eigenvalue weighted by molar-refractivity contribution is 6.42. The molecule has 3 nitrogen and oxygen atoms in total. The SMILES string of the molecule is CC(C)(N)CCC(=O)N1CCCC1c1ccc(Cl)c(Cl)c1. The van der Waals surface area contributed by atoms with Gasteiger partial charge in [-0.1, -0.05) is 29.3 Å². The van der Waals surface area contributed by atoms with E-state index < -0.39 is 0 Å². The minimum atomic E-state index is -0.311. The molecule has 0 bridgehead atoms. The average Bonchev–Trinajstić information content (AvgIpc) is 2.87. The Labute approximate surface area is 136 Å². The van der Waals surface area contributed by atoms with Gasteiger partial charge < -0.3 is 10.6 Å². The zero-order valence-corrected chi connectivity index (χ0v) is 14.0. The first-order valence-corrected chi connectivity index (χ1v) is 8.07. The molecule has 0 saturated carbocycles. The summed E-state index contributed by atoms with van der Waals surface area (Å²) in [5.74, 6) is 0.169. The average molecular weight is 329 g/mol. The fourth-order valence-electron chi connectivity index (χ4n) is 2.70. The number of carbonyl (C=O) groups is 1. The molecule has 1 aliphatic heterocycles. The molecular formula is C16H22Cl2N2O. The highest BCUT2D eigenvalue weighted by atomic mass is 35.5. The third kappa shape index (κ3) is 4.35. The minimum absolute atomic E-state index is 0.105. The van der Waals surface area contributed by atoms with E-state index in [2.05, 4.69) is 0 Å². The van der Waals surface area contributed by atoms with Crippen molar-refractivity contribution in [3.05, 3.63) is 33.8 Å². The van der Waals surface area contributed by atoms with Crippen molar-refractivity contribution in [1.82, 2.24) is 4.90 Å². The maximum atomic E-state index is 12.4. The molecule has 1 atom stereocenters. The van der Waals surface area contributed by atoms with E-state index in [1.54, 1.807) is 6.07 Å². The number of nitrogens with two attached hydrogens (primary N) is 1. The van der Waals surface area contributed by atoms with E-state index >= 15 is 0 Å². The van der Waals surface area contributed by atoms with Gasteiger partial charge in [0.05, 0.1) is 16.1 Å². The molecule has 1 aromatic carbocycles. The fourth-order valence-corrected chi connectivity index (χ4v) is 3.01. The Kier molecular flexibility index (Phi) is 5.18. The summed E-state index contributed by atoms with van der Waals surface area (Å²) in [5, 5.41) is 1.08. The molecule has 0 aliphatic carbocycles. The molecule has 1 fully saturated rings. The van der Waals surface area contributed by atoms with Crippen LogP contribution in [0.3, 0.4) is 0 Å². The van der Waals surface area contributed by atoms with Gasteiger partial charge in [-0.15, -0.1) is 0 Å². The van der Waals surface area contributed by atoms with Gasteiger partial charge in [0.1, 0.15) is 0 Å². The maximum Gasteiger partial charge on any atom is 0.223 e. The molecule has 2 rings (SSSR count). The normalized spacial score (nSPS) is 19.1. The van der Waals surface area contributed by atoms with E-state index in [9.17, 15) is 4.79 Å². The molecule has 5 heteroatoms. The molecule has 0 aromatic heterocycles. The lowest BCUT2D eigenvalue weighted by molar-refractivity contribution is -0.132. The monoisotopic (exact) mass is 328 g/mol. The molecule has 1 heterocycles. The molecule has 21 heavy (non-hydrogen) atoms. The second kappa shape index (κ2) is 6.55.